The first-order valence-electron chi connectivity index (χ1n) is 15.8. The van der Waals surface area contributed by atoms with E-state index in [0.29, 0.717) is 6.61 Å². The van der Waals surface area contributed by atoms with Crippen LogP contribution < -0.4 is 0 Å². The van der Waals surface area contributed by atoms with Crippen molar-refractivity contribution >= 4 is 23.9 Å². The molecule has 0 radical (unpaired) electrons. The van der Waals surface area contributed by atoms with Crippen LogP contribution in [0.25, 0.3) is 0 Å². The first-order valence-corrected chi connectivity index (χ1v) is 15.8. The van der Waals surface area contributed by atoms with Gasteiger partial charge in [0.2, 0.25) is 0 Å². The molecule has 0 N–H and O–H groups in total. The van der Waals surface area contributed by atoms with Crippen LogP contribution in [-0.2, 0) is 33.2 Å². The quantitative estimate of drug-likeness (QED) is 0.0985. The van der Waals surface area contributed by atoms with Crippen LogP contribution in [0, 0.1) is 0 Å². The van der Waals surface area contributed by atoms with E-state index in [1.807, 2.05) is 6.92 Å². The highest BCUT2D eigenvalue weighted by molar-refractivity contribution is 5.91. The Bertz CT molecular complexity index is 1650. The van der Waals surface area contributed by atoms with E-state index in [9.17, 15) is 19.2 Å². The summed E-state index contributed by atoms with van der Waals surface area (Å²) >= 11 is 0. The number of carbonyl (C=O) groups excluding carboxylic acids is 4. The van der Waals surface area contributed by atoms with E-state index in [4.69, 9.17) is 33.2 Å². The van der Waals surface area contributed by atoms with Gasteiger partial charge in [-0.2, -0.15) is 0 Å². The standard InChI is InChI=1S/C38H36O11/c1-2-43-23-24-44-38-33(49-37(42)29-21-13-6-14-22-29)32(48-36(41)28-19-11-5-12-20-28)31(47-35(40)27-17-9-4-10-18-27)30(46-38)25-45-34(39)26-15-7-3-8-16-26/h3-22,30-33,38H,2,23-25H2,1H3/t30-,31+,32+,33-,38-/m1/s1. The molecule has 0 aromatic heterocycles. The molecule has 0 bridgehead atoms. The molecule has 11 heteroatoms. The van der Waals surface area contributed by atoms with Crippen molar-refractivity contribution in [2.45, 2.75) is 37.6 Å². The van der Waals surface area contributed by atoms with Crippen molar-refractivity contribution in [3.05, 3.63) is 144 Å². The van der Waals surface area contributed by atoms with Crippen molar-refractivity contribution in [3.8, 4) is 0 Å². The SMILES string of the molecule is CCOCCO[C@@H]1O[C@H](COC(=O)c2ccccc2)[C@H](OC(=O)c2ccccc2)[C@H](OC(=O)c2ccccc2)[C@H]1OC(=O)c1ccccc1. The van der Waals surface area contributed by atoms with Crippen LogP contribution in [0.4, 0.5) is 0 Å². The number of rotatable bonds is 14. The fourth-order valence-electron chi connectivity index (χ4n) is 5.03. The minimum atomic E-state index is -1.49. The van der Waals surface area contributed by atoms with Gasteiger partial charge in [-0.15, -0.1) is 0 Å². The molecular weight excluding hydrogens is 632 g/mol. The molecule has 4 aromatic carbocycles. The van der Waals surface area contributed by atoms with Gasteiger partial charge in [0.05, 0.1) is 35.5 Å². The van der Waals surface area contributed by atoms with Crippen LogP contribution in [0.2, 0.25) is 0 Å². The highest BCUT2D eigenvalue weighted by atomic mass is 16.7. The second kappa shape index (κ2) is 17.7. The number of carbonyl (C=O) groups is 4. The van der Waals surface area contributed by atoms with Gasteiger partial charge in [0.25, 0.3) is 0 Å². The van der Waals surface area contributed by atoms with Gasteiger partial charge in [-0.25, -0.2) is 19.2 Å². The van der Waals surface area contributed by atoms with Gasteiger partial charge in [-0.05, 0) is 55.5 Å². The molecule has 4 aromatic rings. The van der Waals surface area contributed by atoms with Crippen LogP contribution in [0.3, 0.4) is 0 Å². The summed E-state index contributed by atoms with van der Waals surface area (Å²) in [5.41, 5.74) is 0.877. The second-order valence-electron chi connectivity index (χ2n) is 10.8. The fourth-order valence-corrected chi connectivity index (χ4v) is 5.03. The zero-order valence-electron chi connectivity index (χ0n) is 26.8. The summed E-state index contributed by atoms with van der Waals surface area (Å²) in [5.74, 6) is -3.00. The van der Waals surface area contributed by atoms with Crippen LogP contribution >= 0.6 is 0 Å². The molecule has 0 spiro atoms. The summed E-state index contributed by atoms with van der Waals surface area (Å²) in [6.07, 6.45) is -6.98. The minimum Gasteiger partial charge on any atom is -0.459 e. The van der Waals surface area contributed by atoms with Crippen molar-refractivity contribution in [2.24, 2.45) is 0 Å². The van der Waals surface area contributed by atoms with E-state index in [1.165, 1.54) is 0 Å². The molecule has 0 unspecified atom stereocenters. The minimum absolute atomic E-state index is 0.00222. The van der Waals surface area contributed by atoms with E-state index < -0.39 is 61.2 Å². The summed E-state index contributed by atoms with van der Waals surface area (Å²) in [4.78, 5) is 53.6. The van der Waals surface area contributed by atoms with Crippen molar-refractivity contribution in [2.75, 3.05) is 26.4 Å². The van der Waals surface area contributed by atoms with Crippen molar-refractivity contribution < 1.29 is 52.3 Å². The van der Waals surface area contributed by atoms with Gasteiger partial charge >= 0.3 is 23.9 Å². The molecule has 0 aliphatic carbocycles. The molecule has 49 heavy (non-hydrogen) atoms. The summed E-state index contributed by atoms with van der Waals surface area (Å²) in [7, 11) is 0. The van der Waals surface area contributed by atoms with Gasteiger partial charge in [-0.1, -0.05) is 72.8 Å². The maximum atomic E-state index is 13.6. The average Bonchev–Trinajstić information content (AvgIpc) is 3.15. The summed E-state index contributed by atoms with van der Waals surface area (Å²) < 4.78 is 41.3. The van der Waals surface area contributed by atoms with Crippen molar-refractivity contribution in [1.29, 1.82) is 0 Å². The maximum absolute atomic E-state index is 13.6. The zero-order chi connectivity index (χ0) is 34.4. The largest absolute Gasteiger partial charge is 0.459 e. The van der Waals surface area contributed by atoms with E-state index in [0.717, 1.165) is 0 Å². The smallest absolute Gasteiger partial charge is 0.338 e. The molecular formula is C38H36O11. The molecule has 254 valence electrons. The van der Waals surface area contributed by atoms with E-state index >= 15 is 0 Å². The average molecular weight is 669 g/mol. The molecule has 0 amide bonds. The Hall–Kier alpha value is -5.36. The molecule has 0 saturated carbocycles. The number of ether oxygens (including phenoxy) is 7. The van der Waals surface area contributed by atoms with E-state index in [-0.39, 0.29) is 35.5 Å². The van der Waals surface area contributed by atoms with Crippen LogP contribution in [0.5, 0.6) is 0 Å². The van der Waals surface area contributed by atoms with Crippen LogP contribution in [0.15, 0.2) is 121 Å². The predicted molar refractivity (Wildman–Crippen MR) is 175 cm³/mol. The number of benzene rings is 4. The molecule has 1 saturated heterocycles. The van der Waals surface area contributed by atoms with Gasteiger partial charge < -0.3 is 33.2 Å². The lowest BCUT2D eigenvalue weighted by molar-refractivity contribution is -0.299. The maximum Gasteiger partial charge on any atom is 0.338 e. The second-order valence-corrected chi connectivity index (χ2v) is 10.8. The Morgan fingerprint density at radius 3 is 1.39 bits per heavy atom. The Balaban J connectivity index is 1.53. The Morgan fingerprint density at radius 2 is 0.939 bits per heavy atom. The summed E-state index contributed by atoms with van der Waals surface area (Å²) in [6.45, 7) is 1.98. The van der Waals surface area contributed by atoms with Gasteiger partial charge in [-0.3, -0.25) is 0 Å². The third-order valence-electron chi connectivity index (χ3n) is 7.45. The number of hydrogen-bond acceptors (Lipinski definition) is 11. The monoisotopic (exact) mass is 668 g/mol. The predicted octanol–water partition coefficient (Wildman–Crippen LogP) is 5.30. The van der Waals surface area contributed by atoms with Gasteiger partial charge in [0.1, 0.15) is 12.7 Å². The van der Waals surface area contributed by atoms with Crippen molar-refractivity contribution in [3.63, 3.8) is 0 Å². The lowest BCUT2D eigenvalue weighted by atomic mass is 9.97. The highest BCUT2D eigenvalue weighted by Crippen LogP contribution is 2.32. The molecule has 11 nitrogen and oxygen atoms in total. The lowest BCUT2D eigenvalue weighted by Crippen LogP contribution is -2.63. The third-order valence-corrected chi connectivity index (χ3v) is 7.45. The summed E-state index contributed by atoms with van der Waals surface area (Å²) in [5, 5.41) is 0. The lowest BCUT2D eigenvalue weighted by Gasteiger charge is -2.44. The van der Waals surface area contributed by atoms with Gasteiger partial charge in [0.15, 0.2) is 24.6 Å². The van der Waals surface area contributed by atoms with Crippen LogP contribution in [0.1, 0.15) is 48.4 Å². The molecule has 1 aliphatic heterocycles. The number of hydrogen-bond donors (Lipinski definition) is 0. The third kappa shape index (κ3) is 9.60. The summed E-state index contributed by atoms with van der Waals surface area (Å²) in [6, 6.07) is 32.8. The van der Waals surface area contributed by atoms with E-state index in [1.54, 1.807) is 121 Å². The zero-order valence-corrected chi connectivity index (χ0v) is 26.8. The molecule has 5 rings (SSSR count). The van der Waals surface area contributed by atoms with Crippen LogP contribution in [-0.4, -0.2) is 81.0 Å². The van der Waals surface area contributed by atoms with Crippen molar-refractivity contribution in [1.82, 2.24) is 0 Å². The molecule has 1 heterocycles. The topological polar surface area (TPSA) is 133 Å². The Morgan fingerprint density at radius 1 is 0.531 bits per heavy atom. The van der Waals surface area contributed by atoms with E-state index in [2.05, 4.69) is 0 Å². The molecule has 5 atom stereocenters. The Kier molecular flexibility index (Phi) is 12.6. The molecule has 1 fully saturated rings. The first kappa shape index (κ1) is 35.0. The van der Waals surface area contributed by atoms with Gasteiger partial charge in [0, 0.05) is 6.61 Å². The fraction of sp³-hybridized carbons (Fsp3) is 0.263. The molecule has 1 aliphatic rings. The normalized spacial score (nSPS) is 20.1. The first-order chi connectivity index (χ1) is 23.9. The Labute approximate surface area is 283 Å². The number of esters is 4. The highest BCUT2D eigenvalue weighted by Gasteiger charge is 2.53.